The summed E-state index contributed by atoms with van der Waals surface area (Å²) in [7, 11) is 0. The molecule has 10 heteroatoms. The van der Waals surface area contributed by atoms with Crippen LogP contribution in [0.5, 0.6) is 5.75 Å². The number of alkyl halides is 3. The van der Waals surface area contributed by atoms with Crippen LogP contribution in [0.15, 0.2) is 32.9 Å². The second-order valence-corrected chi connectivity index (χ2v) is 6.05. The molecule has 1 aromatic heterocycles. The van der Waals surface area contributed by atoms with Gasteiger partial charge in [0.25, 0.3) is 0 Å². The normalized spacial score (nSPS) is 12.7. The smallest absolute Gasteiger partial charge is 0.426 e. The molecule has 0 fully saturated rings. The molecule has 152 valence electrons. The average molecular weight is 399 g/mol. The summed E-state index contributed by atoms with van der Waals surface area (Å²) in [4.78, 5) is 3.15. The molecule has 0 spiro atoms. The van der Waals surface area contributed by atoms with E-state index in [-0.39, 0.29) is 11.8 Å². The van der Waals surface area contributed by atoms with Crippen LogP contribution in [0.3, 0.4) is 0 Å². The first-order valence-corrected chi connectivity index (χ1v) is 8.37. The maximum atomic E-state index is 12.3. The molecular weight excluding hydrogens is 379 g/mol. The van der Waals surface area contributed by atoms with E-state index in [0.717, 1.165) is 11.5 Å². The first-order chi connectivity index (χ1) is 13.2. The molecule has 1 aromatic carbocycles. The van der Waals surface area contributed by atoms with E-state index in [1.54, 1.807) is 6.92 Å². The van der Waals surface area contributed by atoms with Gasteiger partial charge in [0, 0.05) is 23.6 Å². The van der Waals surface area contributed by atoms with Crippen molar-refractivity contribution in [2.45, 2.75) is 39.5 Å². The SMILES string of the molecule is Cc1cc(CCCOc2c(C)cc(/C(N=CC(F)(F)F)=N/O)cc2CO)on1. The van der Waals surface area contributed by atoms with E-state index >= 15 is 0 Å². The van der Waals surface area contributed by atoms with Crippen molar-refractivity contribution in [1.82, 2.24) is 5.16 Å². The number of aromatic nitrogens is 1. The van der Waals surface area contributed by atoms with Gasteiger partial charge in [0.2, 0.25) is 0 Å². The molecule has 2 rings (SSSR count). The van der Waals surface area contributed by atoms with Crippen LogP contribution in [0.2, 0.25) is 0 Å². The molecule has 2 N–H and O–H groups in total. The molecule has 7 nitrogen and oxygen atoms in total. The number of aliphatic imine (C=N–C) groups is 1. The zero-order chi connectivity index (χ0) is 20.7. The summed E-state index contributed by atoms with van der Waals surface area (Å²) in [6.45, 7) is 3.41. The molecule has 1 heterocycles. The van der Waals surface area contributed by atoms with Gasteiger partial charge in [-0.1, -0.05) is 10.3 Å². The molecule has 0 aliphatic carbocycles. The maximum Gasteiger partial charge on any atom is 0.426 e. The molecule has 0 aliphatic rings. The molecule has 0 saturated heterocycles. The Morgan fingerprint density at radius 2 is 2.04 bits per heavy atom. The van der Waals surface area contributed by atoms with E-state index in [1.807, 2.05) is 13.0 Å². The summed E-state index contributed by atoms with van der Waals surface area (Å²) in [5.41, 5.74) is 1.81. The van der Waals surface area contributed by atoms with E-state index in [1.165, 1.54) is 12.1 Å². The molecule has 0 amide bonds. The summed E-state index contributed by atoms with van der Waals surface area (Å²) >= 11 is 0. The van der Waals surface area contributed by atoms with Crippen LogP contribution in [0, 0.1) is 13.8 Å². The number of benzene rings is 1. The third-order valence-electron chi connectivity index (χ3n) is 3.70. The van der Waals surface area contributed by atoms with Crippen molar-refractivity contribution in [1.29, 1.82) is 0 Å². The number of hydrogen-bond donors (Lipinski definition) is 2. The first kappa shape index (κ1) is 21.4. The van der Waals surface area contributed by atoms with Crippen molar-refractivity contribution >= 4 is 12.1 Å². The molecule has 0 atom stereocenters. The van der Waals surface area contributed by atoms with Crippen LogP contribution in [0.4, 0.5) is 13.2 Å². The van der Waals surface area contributed by atoms with E-state index in [0.29, 0.717) is 36.3 Å². The lowest BCUT2D eigenvalue weighted by atomic mass is 10.0. The van der Waals surface area contributed by atoms with Crippen LogP contribution in [0.25, 0.3) is 0 Å². The third kappa shape index (κ3) is 6.08. The Balaban J connectivity index is 2.10. The summed E-state index contributed by atoms with van der Waals surface area (Å²) < 4.78 is 47.7. The van der Waals surface area contributed by atoms with Gasteiger partial charge in [-0.05, 0) is 38.0 Å². The Morgan fingerprint density at radius 3 is 2.61 bits per heavy atom. The highest BCUT2D eigenvalue weighted by Crippen LogP contribution is 2.27. The lowest BCUT2D eigenvalue weighted by molar-refractivity contribution is -0.0534. The van der Waals surface area contributed by atoms with E-state index in [9.17, 15) is 18.3 Å². The fraction of sp³-hybridized carbons (Fsp3) is 0.389. The van der Waals surface area contributed by atoms with Crippen LogP contribution in [-0.4, -0.2) is 40.3 Å². The van der Waals surface area contributed by atoms with Crippen LogP contribution in [0.1, 0.15) is 34.6 Å². The van der Waals surface area contributed by atoms with Crippen LogP contribution in [-0.2, 0) is 13.0 Å². The third-order valence-corrected chi connectivity index (χ3v) is 3.70. The summed E-state index contributed by atoms with van der Waals surface area (Å²) in [5, 5.41) is 25.2. The summed E-state index contributed by atoms with van der Waals surface area (Å²) in [6, 6.07) is 4.67. The van der Waals surface area contributed by atoms with Crippen LogP contribution >= 0.6 is 0 Å². The highest BCUT2D eigenvalue weighted by atomic mass is 19.4. The molecular formula is C18H20F3N3O4. The largest absolute Gasteiger partial charge is 0.493 e. The topological polar surface area (TPSA) is 100 Å². The van der Waals surface area contributed by atoms with Gasteiger partial charge in [-0.25, -0.2) is 4.99 Å². The minimum absolute atomic E-state index is 0.119. The van der Waals surface area contributed by atoms with Crippen LogP contribution < -0.4 is 4.74 Å². The Hall–Kier alpha value is -2.88. The molecule has 2 aromatic rings. The lowest BCUT2D eigenvalue weighted by Crippen LogP contribution is -2.12. The number of aryl methyl sites for hydroxylation is 3. The Morgan fingerprint density at radius 1 is 1.29 bits per heavy atom. The van der Waals surface area contributed by atoms with Crippen molar-refractivity contribution in [2.24, 2.45) is 10.1 Å². The number of rotatable bonds is 7. The van der Waals surface area contributed by atoms with Gasteiger partial charge in [0.05, 0.1) is 18.9 Å². The molecule has 0 saturated carbocycles. The fourth-order valence-electron chi connectivity index (χ4n) is 2.55. The number of aliphatic hydroxyl groups is 1. The number of halogens is 3. The maximum absolute atomic E-state index is 12.3. The van der Waals surface area contributed by atoms with Gasteiger partial charge in [0.15, 0.2) is 5.84 Å². The average Bonchev–Trinajstić information content (AvgIpc) is 3.04. The van der Waals surface area contributed by atoms with Crippen molar-refractivity contribution < 1.29 is 32.7 Å². The number of aliphatic hydroxyl groups excluding tert-OH is 1. The van der Waals surface area contributed by atoms with Crippen molar-refractivity contribution in [3.63, 3.8) is 0 Å². The van der Waals surface area contributed by atoms with E-state index < -0.39 is 18.6 Å². The monoisotopic (exact) mass is 399 g/mol. The Kier molecular flexibility index (Phi) is 7.16. The fourth-order valence-corrected chi connectivity index (χ4v) is 2.55. The van der Waals surface area contributed by atoms with Gasteiger partial charge < -0.3 is 19.6 Å². The quantitative estimate of drug-likeness (QED) is 0.244. The zero-order valence-corrected chi connectivity index (χ0v) is 15.3. The minimum Gasteiger partial charge on any atom is -0.493 e. The number of amidine groups is 1. The standard InChI is InChI=1S/C18H20F3N3O4/c1-11-6-13(17(23-26)22-10-18(19,20)21)8-14(9-25)16(11)27-5-3-4-15-7-12(2)24-28-15/h6-8,10,25-26H,3-5,9H2,1-2H3/b22-10?,23-17-. The minimum atomic E-state index is -4.64. The number of hydrogen-bond acceptors (Lipinski definition) is 6. The first-order valence-electron chi connectivity index (χ1n) is 8.37. The van der Waals surface area contributed by atoms with E-state index in [4.69, 9.17) is 14.5 Å². The van der Waals surface area contributed by atoms with Crippen molar-refractivity contribution in [3.05, 3.63) is 46.3 Å². The predicted molar refractivity (Wildman–Crippen MR) is 95.0 cm³/mol. The van der Waals surface area contributed by atoms with Gasteiger partial charge in [-0.3, -0.25) is 0 Å². The molecule has 0 bridgehead atoms. The number of ether oxygens (including phenoxy) is 1. The van der Waals surface area contributed by atoms with Gasteiger partial charge >= 0.3 is 6.18 Å². The molecule has 0 radical (unpaired) electrons. The zero-order valence-electron chi connectivity index (χ0n) is 15.3. The number of oxime groups is 1. The molecule has 28 heavy (non-hydrogen) atoms. The second-order valence-electron chi connectivity index (χ2n) is 6.05. The Bertz CT molecular complexity index is 860. The summed E-state index contributed by atoms with van der Waals surface area (Å²) in [6.07, 6.45) is -3.65. The molecule has 0 aliphatic heterocycles. The Labute approximate surface area is 159 Å². The highest BCUT2D eigenvalue weighted by molar-refractivity contribution is 6.03. The molecule has 0 unspecified atom stereocenters. The van der Waals surface area contributed by atoms with Gasteiger partial charge in [-0.15, -0.1) is 0 Å². The highest BCUT2D eigenvalue weighted by Gasteiger charge is 2.24. The summed E-state index contributed by atoms with van der Waals surface area (Å²) in [5.74, 6) is 0.626. The second kappa shape index (κ2) is 9.36. The van der Waals surface area contributed by atoms with Gasteiger partial charge in [0.1, 0.15) is 17.7 Å². The number of nitrogens with zero attached hydrogens (tertiary/aromatic N) is 3. The van der Waals surface area contributed by atoms with Gasteiger partial charge in [-0.2, -0.15) is 13.2 Å². The lowest BCUT2D eigenvalue weighted by Gasteiger charge is -2.14. The van der Waals surface area contributed by atoms with E-state index in [2.05, 4.69) is 15.3 Å². The van der Waals surface area contributed by atoms with Crippen molar-refractivity contribution in [3.8, 4) is 5.75 Å². The van der Waals surface area contributed by atoms with Crippen molar-refractivity contribution in [2.75, 3.05) is 6.61 Å². The predicted octanol–water partition coefficient (Wildman–Crippen LogP) is 3.56.